The molecule has 1 aliphatic carbocycles. The van der Waals surface area contributed by atoms with Crippen molar-refractivity contribution >= 4 is 39.5 Å². The molecule has 246 valence electrons. The highest BCUT2D eigenvalue weighted by Gasteiger charge is 2.41. The number of aryl methyl sites for hydroxylation is 3. The second-order valence-electron chi connectivity index (χ2n) is 12.3. The van der Waals surface area contributed by atoms with Crippen LogP contribution in [0.5, 0.6) is 0 Å². The molecule has 3 amide bonds. The van der Waals surface area contributed by atoms with Crippen LogP contribution in [0, 0.1) is 0 Å². The average molecular weight is 719 g/mol. The van der Waals surface area contributed by atoms with E-state index in [-0.39, 0.29) is 18.0 Å². The first-order valence-electron chi connectivity index (χ1n) is 16.4. The van der Waals surface area contributed by atoms with Gasteiger partial charge >= 0.3 is 6.03 Å². The molecule has 2 aromatic heterocycles. The number of imidazole rings is 1. The number of aromatic nitrogens is 3. The summed E-state index contributed by atoms with van der Waals surface area (Å²) in [4.78, 5) is 43.5. The zero-order valence-electron chi connectivity index (χ0n) is 26.7. The Kier molecular flexibility index (Phi) is 10.9. The first-order chi connectivity index (χ1) is 22.9. The summed E-state index contributed by atoms with van der Waals surface area (Å²) in [5.74, 6) is -0.0511. The number of urea groups is 1. The molecule has 9 nitrogen and oxygen atoms in total. The van der Waals surface area contributed by atoms with Gasteiger partial charge in [-0.2, -0.15) is 0 Å². The van der Waals surface area contributed by atoms with Gasteiger partial charge in [-0.25, -0.2) is 9.78 Å². The molecule has 6 rings (SSSR count). The second-order valence-corrected chi connectivity index (χ2v) is 13.6. The summed E-state index contributed by atoms with van der Waals surface area (Å²) in [7, 11) is 0. The van der Waals surface area contributed by atoms with E-state index in [0.717, 1.165) is 53.5 Å². The van der Waals surface area contributed by atoms with Gasteiger partial charge in [0.05, 0.1) is 18.1 Å². The van der Waals surface area contributed by atoms with Crippen molar-refractivity contribution in [3.05, 3.63) is 117 Å². The number of piperazine rings is 1. The van der Waals surface area contributed by atoms with Crippen molar-refractivity contribution in [2.24, 2.45) is 0 Å². The molecule has 0 bridgehead atoms. The maximum absolute atomic E-state index is 14.8. The third kappa shape index (κ3) is 7.88. The van der Waals surface area contributed by atoms with Crippen LogP contribution in [0.1, 0.15) is 53.8 Å². The third-order valence-electron chi connectivity index (χ3n) is 9.07. The lowest BCUT2D eigenvalue weighted by molar-refractivity contribution is -0.139. The van der Waals surface area contributed by atoms with Gasteiger partial charge in [-0.3, -0.25) is 14.7 Å². The summed E-state index contributed by atoms with van der Waals surface area (Å²) in [5, 5.41) is 3.75. The molecule has 1 fully saturated rings. The van der Waals surface area contributed by atoms with Crippen molar-refractivity contribution in [1.82, 2.24) is 34.6 Å². The molecule has 1 saturated heterocycles. The van der Waals surface area contributed by atoms with E-state index in [4.69, 9.17) is 16.6 Å². The number of fused-ring (bicyclic) bond motifs is 2. The molecule has 0 unspecified atom stereocenters. The van der Waals surface area contributed by atoms with Crippen LogP contribution in [0.15, 0.2) is 84.0 Å². The van der Waals surface area contributed by atoms with Crippen molar-refractivity contribution in [3.8, 4) is 0 Å². The van der Waals surface area contributed by atoms with Gasteiger partial charge in [0.1, 0.15) is 6.04 Å². The number of halogens is 2. The molecule has 2 aromatic carbocycles. The van der Waals surface area contributed by atoms with Gasteiger partial charge in [-0.15, -0.1) is 0 Å². The SMILES string of the molecule is CCCNC(=O)N1CCN([C@@H]2c3ccc(Cl)cc3CCc3cc(Br)cnc32)C[C@@H]1C(=O)N(CCCn1ccnc1)Cc1ccccc1. The lowest BCUT2D eigenvalue weighted by atomic mass is 9.95. The van der Waals surface area contributed by atoms with Gasteiger partial charge in [0, 0.05) is 73.9 Å². The van der Waals surface area contributed by atoms with E-state index in [1.807, 2.05) is 65.2 Å². The van der Waals surface area contributed by atoms with E-state index in [1.54, 1.807) is 17.4 Å². The molecule has 3 heterocycles. The number of rotatable bonds is 10. The van der Waals surface area contributed by atoms with E-state index in [2.05, 4.69) is 49.3 Å². The number of amides is 3. The Hall–Kier alpha value is -3.73. The minimum absolute atomic E-state index is 0.0511. The summed E-state index contributed by atoms with van der Waals surface area (Å²) >= 11 is 10.1. The second kappa shape index (κ2) is 15.4. The Balaban J connectivity index is 1.34. The highest BCUT2D eigenvalue weighted by Crippen LogP contribution is 2.38. The van der Waals surface area contributed by atoms with Crippen LogP contribution >= 0.6 is 27.5 Å². The van der Waals surface area contributed by atoms with Gasteiger partial charge in [-0.1, -0.05) is 54.9 Å². The van der Waals surface area contributed by atoms with E-state index in [9.17, 15) is 9.59 Å². The fraction of sp³-hybridized carbons (Fsp3) is 0.389. The minimum Gasteiger partial charge on any atom is -0.338 e. The van der Waals surface area contributed by atoms with Gasteiger partial charge in [-0.05, 0) is 82.1 Å². The summed E-state index contributed by atoms with van der Waals surface area (Å²) in [5.41, 5.74) is 5.56. The number of nitrogens with one attached hydrogen (secondary N) is 1. The van der Waals surface area contributed by atoms with Crippen LogP contribution in [0.4, 0.5) is 4.79 Å². The number of nitrogens with zero attached hydrogens (tertiary/aromatic N) is 6. The number of carbonyl (C=O) groups excluding carboxylic acids is 2. The Bertz CT molecular complexity index is 1620. The van der Waals surface area contributed by atoms with Gasteiger partial charge in [0.2, 0.25) is 5.91 Å². The number of benzene rings is 2. The highest BCUT2D eigenvalue weighted by atomic mass is 79.9. The number of hydrogen-bond acceptors (Lipinski definition) is 5. The lowest BCUT2D eigenvalue weighted by Crippen LogP contribution is -2.63. The summed E-state index contributed by atoms with van der Waals surface area (Å²) in [6, 6.07) is 17.3. The Morgan fingerprint density at radius 3 is 2.70 bits per heavy atom. The number of pyridine rings is 1. The molecule has 0 spiro atoms. The van der Waals surface area contributed by atoms with Crippen molar-refractivity contribution in [3.63, 3.8) is 0 Å². The monoisotopic (exact) mass is 717 g/mol. The molecule has 47 heavy (non-hydrogen) atoms. The largest absolute Gasteiger partial charge is 0.338 e. The van der Waals surface area contributed by atoms with Crippen molar-refractivity contribution < 1.29 is 9.59 Å². The normalized spacial score (nSPS) is 17.8. The molecule has 2 atom stereocenters. The van der Waals surface area contributed by atoms with Crippen molar-refractivity contribution in [1.29, 1.82) is 0 Å². The maximum Gasteiger partial charge on any atom is 0.318 e. The highest BCUT2D eigenvalue weighted by molar-refractivity contribution is 9.10. The predicted molar refractivity (Wildman–Crippen MR) is 187 cm³/mol. The zero-order chi connectivity index (χ0) is 32.8. The van der Waals surface area contributed by atoms with Crippen LogP contribution < -0.4 is 5.32 Å². The Morgan fingerprint density at radius 1 is 1.09 bits per heavy atom. The molecule has 4 aromatic rings. The molecule has 0 saturated carbocycles. The van der Waals surface area contributed by atoms with Gasteiger partial charge < -0.3 is 19.7 Å². The van der Waals surface area contributed by atoms with E-state index in [1.165, 1.54) is 11.1 Å². The van der Waals surface area contributed by atoms with Crippen LogP contribution in [0.25, 0.3) is 0 Å². The number of hydrogen-bond donors (Lipinski definition) is 1. The minimum atomic E-state index is -0.671. The topological polar surface area (TPSA) is 86.6 Å². The molecule has 0 radical (unpaired) electrons. The van der Waals surface area contributed by atoms with Gasteiger partial charge in [0.25, 0.3) is 0 Å². The quantitative estimate of drug-likeness (QED) is 0.214. The van der Waals surface area contributed by atoms with Crippen LogP contribution in [0.2, 0.25) is 5.02 Å². The van der Waals surface area contributed by atoms with Crippen LogP contribution in [-0.4, -0.2) is 79.9 Å². The molecule has 1 N–H and O–H groups in total. The fourth-order valence-electron chi connectivity index (χ4n) is 6.75. The van der Waals surface area contributed by atoms with Gasteiger partial charge in [0.15, 0.2) is 0 Å². The zero-order valence-corrected chi connectivity index (χ0v) is 29.0. The average Bonchev–Trinajstić information content (AvgIpc) is 3.55. The third-order valence-corrected chi connectivity index (χ3v) is 9.74. The summed E-state index contributed by atoms with van der Waals surface area (Å²) < 4.78 is 2.97. The van der Waals surface area contributed by atoms with E-state index in [0.29, 0.717) is 44.3 Å². The number of carbonyl (C=O) groups is 2. The first kappa shape index (κ1) is 33.2. The molecule has 2 aliphatic rings. The summed E-state index contributed by atoms with van der Waals surface area (Å²) in [6.07, 6.45) is 10.6. The Morgan fingerprint density at radius 2 is 1.91 bits per heavy atom. The smallest absolute Gasteiger partial charge is 0.318 e. The lowest BCUT2D eigenvalue weighted by Gasteiger charge is -2.45. The van der Waals surface area contributed by atoms with Crippen LogP contribution in [0.3, 0.4) is 0 Å². The fourth-order valence-corrected chi connectivity index (χ4v) is 7.33. The molecule has 11 heteroatoms. The van der Waals surface area contributed by atoms with E-state index < -0.39 is 6.04 Å². The first-order valence-corrected chi connectivity index (χ1v) is 17.6. The summed E-state index contributed by atoms with van der Waals surface area (Å²) in [6.45, 7) is 5.76. The molecular formula is C36H41BrClN7O2. The van der Waals surface area contributed by atoms with E-state index >= 15 is 0 Å². The maximum atomic E-state index is 14.8. The van der Waals surface area contributed by atoms with Crippen molar-refractivity contribution in [2.75, 3.05) is 32.7 Å². The predicted octanol–water partition coefficient (Wildman–Crippen LogP) is 6.11. The molecular weight excluding hydrogens is 678 g/mol. The molecule has 1 aliphatic heterocycles. The van der Waals surface area contributed by atoms with Crippen molar-refractivity contribution in [2.45, 2.75) is 57.8 Å². The van der Waals surface area contributed by atoms with Crippen LogP contribution in [-0.2, 0) is 30.7 Å². The standard InChI is InChI=1S/C36H41BrClN7O2/c1-2-13-40-36(47)45-19-18-43(34-31-12-11-30(38)21-27(31)9-10-28-20-29(37)22-41-33(28)34)24-32(45)35(46)44(23-26-7-4-3-5-8-26)16-6-15-42-17-14-39-25-42/h3-5,7-8,11-12,14,17,20-22,25,32,34H,2,6,9-10,13,15-16,18-19,23-24H2,1H3,(H,40,47)/t32-,34-/m1/s1. The Labute approximate surface area is 290 Å².